The van der Waals surface area contributed by atoms with Gasteiger partial charge < -0.3 is 0 Å². The van der Waals surface area contributed by atoms with Gasteiger partial charge in [-0.2, -0.15) is 4.57 Å². The maximum absolute atomic E-state index is 4.59. The maximum Gasteiger partial charge on any atom is 0.295 e. The van der Waals surface area contributed by atoms with E-state index in [4.69, 9.17) is 0 Å². The second-order valence-electron chi connectivity index (χ2n) is 20.5. The highest BCUT2D eigenvalue weighted by molar-refractivity contribution is 6.82. The molecule has 9 aromatic rings. The van der Waals surface area contributed by atoms with E-state index in [1.807, 2.05) is 0 Å². The molecular formula is C63H63N3Si+2. The van der Waals surface area contributed by atoms with Gasteiger partial charge in [-0.25, -0.2) is 9.14 Å². The van der Waals surface area contributed by atoms with Crippen molar-refractivity contribution in [1.82, 2.24) is 4.57 Å². The fourth-order valence-corrected chi connectivity index (χ4v) is 11.5. The molecule has 0 amide bonds. The number of nitrogens with zero attached hydrogens (tertiary/aromatic N) is 3. The number of aromatic nitrogens is 2. The van der Waals surface area contributed by atoms with Crippen LogP contribution in [0.15, 0.2) is 188 Å². The Hall–Kier alpha value is -6.88. The van der Waals surface area contributed by atoms with Crippen LogP contribution in [-0.2, 0) is 18.9 Å². The number of allylic oxidation sites excluding steroid dienone is 1. The molecule has 8 aromatic carbocycles. The third-order valence-corrected chi connectivity index (χ3v) is 17.6. The quantitative estimate of drug-likeness (QED) is 0.0381. The molecule has 67 heavy (non-hydrogen) atoms. The minimum absolute atomic E-state index is 0.0966. The maximum atomic E-state index is 4.59. The molecule has 1 aromatic heterocycles. The summed E-state index contributed by atoms with van der Waals surface area (Å²) in [7, 11) is 0.823. The van der Waals surface area contributed by atoms with Gasteiger partial charge in [-0.05, 0) is 117 Å². The molecule has 0 radical (unpaired) electrons. The summed E-state index contributed by atoms with van der Waals surface area (Å²) in [5.41, 5.74) is 16.2. The van der Waals surface area contributed by atoms with E-state index >= 15 is 0 Å². The number of hydrogen-bond acceptors (Lipinski definition) is 0. The summed E-state index contributed by atoms with van der Waals surface area (Å²) >= 11 is 0. The van der Waals surface area contributed by atoms with Crippen molar-refractivity contribution in [2.24, 2.45) is 13.0 Å². The summed E-state index contributed by atoms with van der Waals surface area (Å²) in [6, 6.07) is 61.2. The van der Waals surface area contributed by atoms with E-state index in [0.717, 1.165) is 18.5 Å². The van der Waals surface area contributed by atoms with Crippen LogP contribution in [-0.4, -0.2) is 30.0 Å². The van der Waals surface area contributed by atoms with Crippen LogP contribution < -0.4 is 4.57 Å². The molecule has 332 valence electrons. The summed E-state index contributed by atoms with van der Waals surface area (Å²) < 4.78 is 7.32. The molecular weight excluding hydrogens is 827 g/mol. The highest BCUT2D eigenvalue weighted by Crippen LogP contribution is 2.51. The van der Waals surface area contributed by atoms with Crippen LogP contribution in [0.5, 0.6) is 0 Å². The minimum Gasteiger partial charge on any atom is -0.225 e. The van der Waals surface area contributed by atoms with Gasteiger partial charge in [-0.3, -0.25) is 0 Å². The molecule has 0 fully saturated rings. The van der Waals surface area contributed by atoms with E-state index in [1.54, 1.807) is 0 Å². The first-order valence-electron chi connectivity index (χ1n) is 24.0. The fourth-order valence-electron chi connectivity index (χ4n) is 10.9. The normalized spacial score (nSPS) is 14.3. The van der Waals surface area contributed by atoms with Crippen molar-refractivity contribution >= 4 is 47.4 Å². The summed E-state index contributed by atoms with van der Waals surface area (Å²) in [5.74, 6) is 1.46. The molecule has 2 unspecified atom stereocenters. The molecule has 2 atom stereocenters. The Bertz CT molecular complexity index is 3440. The summed E-state index contributed by atoms with van der Waals surface area (Å²) in [6.45, 7) is 25.6. The monoisotopic (exact) mass is 889 g/mol. The van der Waals surface area contributed by atoms with Crippen molar-refractivity contribution in [2.45, 2.75) is 71.6 Å². The molecule has 0 aliphatic heterocycles. The van der Waals surface area contributed by atoms with Gasteiger partial charge in [0.15, 0.2) is 23.3 Å². The molecule has 4 heteroatoms. The topological polar surface area (TPSA) is 11.8 Å². The minimum atomic E-state index is -1.48. The van der Waals surface area contributed by atoms with Gasteiger partial charge >= 0.3 is 0 Å². The van der Waals surface area contributed by atoms with Crippen molar-refractivity contribution in [3.63, 3.8) is 0 Å². The van der Waals surface area contributed by atoms with Gasteiger partial charge in [0.05, 0.1) is 20.7 Å². The lowest BCUT2D eigenvalue weighted by Gasteiger charge is -2.23. The number of fused-ring (bicyclic) bond motifs is 9. The van der Waals surface area contributed by atoms with Gasteiger partial charge in [-0.1, -0.05) is 180 Å². The lowest BCUT2D eigenvalue weighted by atomic mass is 9.80. The first-order valence-corrected chi connectivity index (χ1v) is 27.5. The second-order valence-corrected chi connectivity index (χ2v) is 25.8. The lowest BCUT2D eigenvalue weighted by Crippen LogP contribution is -2.31. The molecule has 1 aliphatic carbocycles. The van der Waals surface area contributed by atoms with Crippen LogP contribution in [0, 0.1) is 5.92 Å². The molecule has 0 saturated heterocycles. The molecule has 10 rings (SSSR count). The standard InChI is InChI=1S/C63H63N3Si/c1-11-58(64(6)41-43(3)67(8,9)10)42(2)34-35-47-38-57-55(51-30-22-23-33-56(51)63(57,4)5)40-54(47)62-65(7)60-52-31-20-18-28-49(52)50-29-19-21-32-53(50)61(60)66(62)59-39-46(44-24-14-12-15-25-44)36-37-48(59)45-26-16-13-17-27-45/h11-33,36-42,58H,1,6,34-35H2,2-5,7-10H3/q+2/b43-41+. The molecule has 3 nitrogen and oxygen atoms in total. The van der Waals surface area contributed by atoms with E-state index in [0.29, 0.717) is 5.92 Å². The van der Waals surface area contributed by atoms with Gasteiger partial charge in [0, 0.05) is 27.7 Å². The van der Waals surface area contributed by atoms with Crippen molar-refractivity contribution in [3.8, 4) is 50.5 Å². The Morgan fingerprint density at radius 3 is 1.93 bits per heavy atom. The summed E-state index contributed by atoms with van der Waals surface area (Å²) in [5, 5.41) is 6.43. The average Bonchev–Trinajstić information content (AvgIpc) is 3.77. The fraction of sp³-hybridized carbons (Fsp3) is 0.206. The summed E-state index contributed by atoms with van der Waals surface area (Å²) in [4.78, 5) is 0. The Morgan fingerprint density at radius 2 is 1.25 bits per heavy atom. The zero-order valence-corrected chi connectivity index (χ0v) is 41.6. The number of hydrogen-bond donors (Lipinski definition) is 0. The third-order valence-electron chi connectivity index (χ3n) is 15.1. The zero-order chi connectivity index (χ0) is 46.8. The molecule has 1 heterocycles. The second kappa shape index (κ2) is 17.1. The van der Waals surface area contributed by atoms with Crippen LogP contribution in [0.4, 0.5) is 0 Å². The third kappa shape index (κ3) is 7.52. The predicted octanol–water partition coefficient (Wildman–Crippen LogP) is 15.7. The number of aryl methyl sites for hydroxylation is 2. The molecule has 1 aliphatic rings. The van der Waals surface area contributed by atoms with Crippen LogP contribution in [0.25, 0.3) is 83.0 Å². The van der Waals surface area contributed by atoms with Crippen LogP contribution in [0.2, 0.25) is 19.6 Å². The van der Waals surface area contributed by atoms with E-state index in [9.17, 15) is 0 Å². The van der Waals surface area contributed by atoms with E-state index in [1.165, 1.54) is 99.2 Å². The van der Waals surface area contributed by atoms with E-state index < -0.39 is 8.07 Å². The largest absolute Gasteiger partial charge is 0.295 e. The predicted molar refractivity (Wildman–Crippen MR) is 289 cm³/mol. The number of benzene rings is 8. The van der Waals surface area contributed by atoms with Crippen LogP contribution in [0.1, 0.15) is 50.8 Å². The molecule has 0 saturated carbocycles. The SMILES string of the molecule is C=CC(C(C)CCc1cc2c(cc1-c1n(-c3cc(-c4ccccc4)ccc3-c3ccccc3)c3c4ccccc4c4ccccc4c3[n+]1C)-c1ccccc1C2(C)C)[N+](=C)/C=C(\C)[Si](C)(C)C. The van der Waals surface area contributed by atoms with Crippen molar-refractivity contribution in [3.05, 3.63) is 205 Å². The average molecular weight is 890 g/mol. The smallest absolute Gasteiger partial charge is 0.225 e. The zero-order valence-electron chi connectivity index (χ0n) is 40.6. The van der Waals surface area contributed by atoms with Gasteiger partial charge in [-0.15, -0.1) is 0 Å². The van der Waals surface area contributed by atoms with Gasteiger partial charge in [0.2, 0.25) is 0 Å². The Morgan fingerprint density at radius 1 is 0.657 bits per heavy atom. The van der Waals surface area contributed by atoms with Crippen LogP contribution in [0.3, 0.4) is 0 Å². The number of imidazole rings is 1. The molecule has 0 bridgehead atoms. The van der Waals surface area contributed by atoms with Crippen molar-refractivity contribution in [1.29, 1.82) is 0 Å². The Kier molecular flexibility index (Phi) is 11.2. The van der Waals surface area contributed by atoms with E-state index in [-0.39, 0.29) is 11.5 Å². The van der Waals surface area contributed by atoms with E-state index in [2.05, 4.69) is 257 Å². The first kappa shape index (κ1) is 44.0. The Labute approximate surface area is 398 Å². The highest BCUT2D eigenvalue weighted by Gasteiger charge is 2.39. The summed E-state index contributed by atoms with van der Waals surface area (Å²) in [6.07, 6.45) is 6.25. The Balaban J connectivity index is 1.30. The molecule has 0 spiro atoms. The van der Waals surface area contributed by atoms with Crippen molar-refractivity contribution < 1.29 is 9.14 Å². The van der Waals surface area contributed by atoms with Crippen molar-refractivity contribution in [2.75, 3.05) is 0 Å². The molecule has 0 N–H and O–H groups in total. The van der Waals surface area contributed by atoms with Crippen LogP contribution >= 0.6 is 0 Å². The first-order chi connectivity index (χ1) is 32.3. The highest BCUT2D eigenvalue weighted by atomic mass is 28.3. The van der Waals surface area contributed by atoms with Gasteiger partial charge in [0.25, 0.3) is 5.82 Å². The van der Waals surface area contributed by atoms with Gasteiger partial charge in [0.1, 0.15) is 12.4 Å². The lowest BCUT2D eigenvalue weighted by molar-refractivity contribution is -0.633. The number of rotatable bonds is 12.